The predicted molar refractivity (Wildman–Crippen MR) is 125 cm³/mol. The first-order valence-electron chi connectivity index (χ1n) is 11.3. The molecule has 0 N–H and O–H groups in total. The van der Waals surface area contributed by atoms with E-state index in [1.165, 1.54) is 7.11 Å². The highest BCUT2D eigenvalue weighted by Crippen LogP contribution is 2.57. The van der Waals surface area contributed by atoms with Crippen LogP contribution >= 0.6 is 0 Å². The van der Waals surface area contributed by atoms with E-state index in [9.17, 15) is 19.2 Å². The van der Waals surface area contributed by atoms with Crippen LogP contribution in [0.1, 0.15) is 37.9 Å². The number of nitrogens with zero attached hydrogens (tertiary/aromatic N) is 1. The first kappa shape index (κ1) is 21.4. The molecule has 2 saturated heterocycles. The fourth-order valence-electron chi connectivity index (χ4n) is 5.56. The zero-order valence-electron chi connectivity index (χ0n) is 19.1. The smallest absolute Gasteiger partial charge is 0.241 e. The number of carbonyl (C=O) groups is 4. The Bertz CT molecular complexity index is 1370. The molecule has 174 valence electrons. The Labute approximate surface area is 201 Å². The lowest BCUT2D eigenvalue weighted by Gasteiger charge is -2.27. The molecule has 0 unspecified atom stereocenters. The van der Waals surface area contributed by atoms with E-state index in [0.29, 0.717) is 17.0 Å². The van der Waals surface area contributed by atoms with Crippen molar-refractivity contribution in [1.82, 2.24) is 0 Å². The van der Waals surface area contributed by atoms with Gasteiger partial charge in [0.25, 0.3) is 0 Å². The second-order valence-corrected chi connectivity index (χ2v) is 9.10. The molecule has 0 saturated carbocycles. The Kier molecular flexibility index (Phi) is 4.56. The molecule has 1 spiro atoms. The number of hydrogen-bond acceptors (Lipinski definition) is 6. The van der Waals surface area contributed by atoms with Crippen LogP contribution in [0.2, 0.25) is 0 Å². The summed E-state index contributed by atoms with van der Waals surface area (Å²) in [6.45, 7) is 1.93. The number of rotatable bonds is 3. The van der Waals surface area contributed by atoms with Crippen molar-refractivity contribution in [3.8, 4) is 5.75 Å². The van der Waals surface area contributed by atoms with Crippen molar-refractivity contribution in [2.75, 3.05) is 12.0 Å². The zero-order chi connectivity index (χ0) is 24.5. The van der Waals surface area contributed by atoms with E-state index in [4.69, 9.17) is 9.47 Å². The summed E-state index contributed by atoms with van der Waals surface area (Å²) in [6, 6.07) is 20.3. The van der Waals surface area contributed by atoms with Gasteiger partial charge in [0.1, 0.15) is 5.75 Å². The van der Waals surface area contributed by atoms with Gasteiger partial charge in [-0.3, -0.25) is 19.2 Å². The number of imide groups is 1. The van der Waals surface area contributed by atoms with Gasteiger partial charge in [-0.05, 0) is 36.8 Å². The summed E-state index contributed by atoms with van der Waals surface area (Å²) in [7, 11) is 1.52. The van der Waals surface area contributed by atoms with Crippen LogP contribution in [-0.2, 0) is 14.3 Å². The van der Waals surface area contributed by atoms with Crippen molar-refractivity contribution in [2.24, 2.45) is 11.8 Å². The molecular weight excluding hydrogens is 446 g/mol. The summed E-state index contributed by atoms with van der Waals surface area (Å²) in [5.74, 6) is -3.97. The number of aryl methyl sites for hydroxylation is 1. The van der Waals surface area contributed by atoms with Crippen molar-refractivity contribution in [2.45, 2.75) is 18.6 Å². The van der Waals surface area contributed by atoms with E-state index in [2.05, 4.69) is 0 Å². The van der Waals surface area contributed by atoms with Gasteiger partial charge in [-0.2, -0.15) is 0 Å². The molecule has 0 radical (unpaired) electrons. The van der Waals surface area contributed by atoms with Crippen molar-refractivity contribution < 1.29 is 28.7 Å². The Morgan fingerprint density at radius 3 is 1.97 bits per heavy atom. The van der Waals surface area contributed by atoms with Crippen LogP contribution in [0.4, 0.5) is 5.69 Å². The number of fused-ring (bicyclic) bond motifs is 3. The average Bonchev–Trinajstić information content (AvgIpc) is 3.44. The number of amides is 2. The highest BCUT2D eigenvalue weighted by Gasteiger charge is 2.74. The molecular formula is C28H21NO6. The minimum atomic E-state index is -2.07. The van der Waals surface area contributed by atoms with Gasteiger partial charge in [0.05, 0.1) is 30.7 Å². The third kappa shape index (κ3) is 2.76. The Balaban J connectivity index is 1.52. The molecule has 3 aromatic rings. The second kappa shape index (κ2) is 7.45. The monoisotopic (exact) mass is 467 g/mol. The highest BCUT2D eigenvalue weighted by molar-refractivity contribution is 6.37. The number of anilines is 1. The molecule has 0 bridgehead atoms. The maximum absolute atomic E-state index is 13.9. The summed E-state index contributed by atoms with van der Waals surface area (Å²) < 4.78 is 11.5. The summed E-state index contributed by atoms with van der Waals surface area (Å²) in [4.78, 5) is 56.2. The van der Waals surface area contributed by atoms with Crippen LogP contribution in [0.25, 0.3) is 0 Å². The molecule has 3 aromatic carbocycles. The number of ether oxygens (including phenoxy) is 2. The lowest BCUT2D eigenvalue weighted by atomic mass is 9.77. The molecule has 0 aromatic heterocycles. The van der Waals surface area contributed by atoms with Gasteiger partial charge in [0, 0.05) is 11.1 Å². The Hall–Kier alpha value is -4.10. The largest absolute Gasteiger partial charge is 0.497 e. The molecule has 2 amide bonds. The normalized spacial score (nSPS) is 24.3. The second-order valence-electron chi connectivity index (χ2n) is 9.10. The minimum absolute atomic E-state index is 0.212. The van der Waals surface area contributed by atoms with Gasteiger partial charge in [-0.1, -0.05) is 54.1 Å². The average molecular weight is 467 g/mol. The molecule has 6 rings (SSSR count). The molecule has 3 atom stereocenters. The fraction of sp³-hybridized carbons (Fsp3) is 0.214. The lowest BCUT2D eigenvalue weighted by Crippen LogP contribution is -2.51. The van der Waals surface area contributed by atoms with E-state index < -0.39 is 46.9 Å². The molecule has 3 aliphatic rings. The molecule has 7 heteroatoms. The molecule has 2 aliphatic heterocycles. The van der Waals surface area contributed by atoms with Crippen LogP contribution < -0.4 is 9.64 Å². The van der Waals surface area contributed by atoms with Crippen LogP contribution in [-0.4, -0.2) is 36.1 Å². The minimum Gasteiger partial charge on any atom is -0.497 e. The quantitative estimate of drug-likeness (QED) is 0.431. The van der Waals surface area contributed by atoms with Gasteiger partial charge in [0.15, 0.2) is 0 Å². The number of ketones is 2. The van der Waals surface area contributed by atoms with E-state index in [0.717, 1.165) is 10.5 Å². The third-order valence-corrected chi connectivity index (χ3v) is 7.26. The predicted octanol–water partition coefficient (Wildman–Crippen LogP) is 3.70. The van der Waals surface area contributed by atoms with Crippen LogP contribution in [0.15, 0.2) is 72.8 Å². The highest BCUT2D eigenvalue weighted by atomic mass is 16.5. The third-order valence-electron chi connectivity index (χ3n) is 7.26. The van der Waals surface area contributed by atoms with Gasteiger partial charge < -0.3 is 9.47 Å². The summed E-state index contributed by atoms with van der Waals surface area (Å²) >= 11 is 0. The number of methoxy groups -OCH3 is 1. The summed E-state index contributed by atoms with van der Waals surface area (Å²) in [6.07, 6.45) is -0.928. The molecule has 2 heterocycles. The fourth-order valence-corrected chi connectivity index (χ4v) is 5.56. The maximum atomic E-state index is 13.9. The first-order chi connectivity index (χ1) is 16.9. The Morgan fingerprint density at radius 1 is 0.800 bits per heavy atom. The number of hydrogen-bond donors (Lipinski definition) is 0. The van der Waals surface area contributed by atoms with Gasteiger partial charge in [-0.25, -0.2) is 4.90 Å². The van der Waals surface area contributed by atoms with E-state index in [-0.39, 0.29) is 11.1 Å². The summed E-state index contributed by atoms with van der Waals surface area (Å²) in [5.41, 5.74) is 0.345. The number of benzene rings is 3. The van der Waals surface area contributed by atoms with E-state index in [1.54, 1.807) is 60.7 Å². The molecule has 2 fully saturated rings. The van der Waals surface area contributed by atoms with Gasteiger partial charge >= 0.3 is 0 Å². The van der Waals surface area contributed by atoms with Gasteiger partial charge in [-0.15, -0.1) is 0 Å². The molecule has 7 nitrogen and oxygen atoms in total. The van der Waals surface area contributed by atoms with Gasteiger partial charge in [0.2, 0.25) is 29.0 Å². The lowest BCUT2D eigenvalue weighted by molar-refractivity contribution is -0.127. The molecule has 1 aliphatic carbocycles. The summed E-state index contributed by atoms with van der Waals surface area (Å²) in [5, 5.41) is 0. The Morgan fingerprint density at radius 2 is 1.40 bits per heavy atom. The van der Waals surface area contributed by atoms with Crippen molar-refractivity contribution in [3.63, 3.8) is 0 Å². The van der Waals surface area contributed by atoms with E-state index in [1.807, 2.05) is 19.1 Å². The van der Waals surface area contributed by atoms with Crippen molar-refractivity contribution >= 4 is 29.1 Å². The van der Waals surface area contributed by atoms with E-state index >= 15 is 0 Å². The maximum Gasteiger partial charge on any atom is 0.241 e. The number of Topliss-reactive ketones (excluding diaryl/α,β-unsaturated/α-hetero) is 2. The van der Waals surface area contributed by atoms with Crippen LogP contribution in [0.3, 0.4) is 0 Å². The SMILES string of the molecule is COc1ccc(N2C(=O)[C@@H]3[C@@H](c4ccc(C)cc4)OC4(C(=O)c5ccccc5C4=O)[C@@H]3C2=O)cc1. The topological polar surface area (TPSA) is 90.0 Å². The van der Waals surface area contributed by atoms with Crippen LogP contribution in [0.5, 0.6) is 5.75 Å². The van der Waals surface area contributed by atoms with Crippen molar-refractivity contribution in [1.29, 1.82) is 0 Å². The van der Waals surface area contributed by atoms with Crippen LogP contribution in [0, 0.1) is 18.8 Å². The number of carbonyl (C=O) groups excluding carboxylic acids is 4. The zero-order valence-corrected chi connectivity index (χ0v) is 19.1. The first-order valence-corrected chi connectivity index (χ1v) is 11.3. The standard InChI is InChI=1S/C28H21NO6/c1-15-7-9-16(10-8-15)23-21-22(27(33)29(26(21)32)17-11-13-18(34-2)14-12-17)28(35-23)24(30)19-5-3-4-6-20(19)25(28)31/h3-14,21-23H,1-2H3/t21-,22-,23+/m0/s1. The van der Waals surface area contributed by atoms with Crippen molar-refractivity contribution in [3.05, 3.63) is 95.1 Å². The molecule has 35 heavy (non-hydrogen) atoms.